The van der Waals surface area contributed by atoms with Crippen molar-refractivity contribution in [2.75, 3.05) is 0 Å². The molecule has 0 bridgehead atoms. The van der Waals surface area contributed by atoms with Crippen LogP contribution in [0, 0.1) is 0 Å². The zero-order chi connectivity index (χ0) is 12.5. The highest BCUT2D eigenvalue weighted by molar-refractivity contribution is 5.37. The SMILES string of the molecule is CC(N)Cc1nc(C2Cc3ccccc3O2)no1. The molecule has 2 unspecified atom stereocenters. The van der Waals surface area contributed by atoms with Gasteiger partial charge in [0, 0.05) is 18.9 Å². The zero-order valence-electron chi connectivity index (χ0n) is 10.2. The summed E-state index contributed by atoms with van der Waals surface area (Å²) >= 11 is 0. The van der Waals surface area contributed by atoms with Crippen molar-refractivity contribution >= 4 is 0 Å². The molecule has 1 aliphatic rings. The highest BCUT2D eigenvalue weighted by Gasteiger charge is 2.28. The Hall–Kier alpha value is -1.88. The van der Waals surface area contributed by atoms with E-state index in [0.717, 1.165) is 12.2 Å². The third kappa shape index (κ3) is 2.09. The summed E-state index contributed by atoms with van der Waals surface area (Å²) in [6.45, 7) is 1.91. The second-order valence-corrected chi connectivity index (χ2v) is 4.65. The number of fused-ring (bicyclic) bond motifs is 1. The van der Waals surface area contributed by atoms with Crippen LogP contribution in [0.5, 0.6) is 5.75 Å². The summed E-state index contributed by atoms with van der Waals surface area (Å²) in [6, 6.07) is 7.98. The van der Waals surface area contributed by atoms with Gasteiger partial charge in [-0.1, -0.05) is 23.4 Å². The predicted octanol–water partition coefficient (Wildman–Crippen LogP) is 1.64. The van der Waals surface area contributed by atoms with Gasteiger partial charge in [-0.05, 0) is 18.6 Å². The van der Waals surface area contributed by atoms with E-state index in [1.807, 2.05) is 25.1 Å². The van der Waals surface area contributed by atoms with Gasteiger partial charge < -0.3 is 15.0 Å². The Balaban J connectivity index is 1.76. The Labute approximate surface area is 105 Å². The van der Waals surface area contributed by atoms with Gasteiger partial charge in [0.25, 0.3) is 0 Å². The smallest absolute Gasteiger partial charge is 0.228 e. The van der Waals surface area contributed by atoms with Gasteiger partial charge in [-0.3, -0.25) is 0 Å². The number of rotatable bonds is 3. The fourth-order valence-electron chi connectivity index (χ4n) is 2.08. The summed E-state index contributed by atoms with van der Waals surface area (Å²) < 4.78 is 11.0. The third-order valence-corrected chi connectivity index (χ3v) is 2.92. The summed E-state index contributed by atoms with van der Waals surface area (Å²) in [5, 5.41) is 3.97. The molecule has 2 atom stereocenters. The molecule has 1 aromatic heterocycles. The molecule has 5 nitrogen and oxygen atoms in total. The second kappa shape index (κ2) is 4.42. The van der Waals surface area contributed by atoms with E-state index < -0.39 is 0 Å². The molecule has 0 saturated heterocycles. The summed E-state index contributed by atoms with van der Waals surface area (Å²) in [7, 11) is 0. The molecule has 0 amide bonds. The maximum atomic E-state index is 5.80. The Bertz CT molecular complexity index is 526. The van der Waals surface area contributed by atoms with E-state index in [9.17, 15) is 0 Å². The minimum atomic E-state index is -0.145. The molecule has 2 aromatic rings. The molecule has 18 heavy (non-hydrogen) atoms. The maximum absolute atomic E-state index is 5.80. The quantitative estimate of drug-likeness (QED) is 0.889. The van der Waals surface area contributed by atoms with E-state index in [4.69, 9.17) is 15.0 Å². The van der Waals surface area contributed by atoms with Crippen molar-refractivity contribution in [2.45, 2.75) is 31.9 Å². The van der Waals surface area contributed by atoms with Crippen molar-refractivity contribution in [3.8, 4) is 5.75 Å². The predicted molar refractivity (Wildman–Crippen MR) is 65.2 cm³/mol. The van der Waals surface area contributed by atoms with Gasteiger partial charge in [0.1, 0.15) is 5.75 Å². The van der Waals surface area contributed by atoms with Crippen molar-refractivity contribution in [1.29, 1.82) is 0 Å². The fraction of sp³-hybridized carbons (Fsp3) is 0.385. The van der Waals surface area contributed by atoms with E-state index in [2.05, 4.69) is 16.2 Å². The first-order chi connectivity index (χ1) is 8.72. The molecule has 0 radical (unpaired) electrons. The molecule has 2 N–H and O–H groups in total. The van der Waals surface area contributed by atoms with Gasteiger partial charge in [0.2, 0.25) is 11.7 Å². The molecule has 0 saturated carbocycles. The number of nitrogens with zero attached hydrogens (tertiary/aromatic N) is 2. The average Bonchev–Trinajstić information content (AvgIpc) is 2.93. The van der Waals surface area contributed by atoms with E-state index >= 15 is 0 Å². The number of aromatic nitrogens is 2. The largest absolute Gasteiger partial charge is 0.482 e. The maximum Gasteiger partial charge on any atom is 0.228 e. The number of ether oxygens (including phenoxy) is 1. The van der Waals surface area contributed by atoms with Crippen molar-refractivity contribution in [3.63, 3.8) is 0 Å². The third-order valence-electron chi connectivity index (χ3n) is 2.92. The van der Waals surface area contributed by atoms with Crippen molar-refractivity contribution in [2.24, 2.45) is 5.73 Å². The normalized spacial score (nSPS) is 19.3. The summed E-state index contributed by atoms with van der Waals surface area (Å²) in [6.07, 6.45) is 1.23. The van der Waals surface area contributed by atoms with Crippen LogP contribution >= 0.6 is 0 Å². The number of hydrogen-bond donors (Lipinski definition) is 1. The second-order valence-electron chi connectivity index (χ2n) is 4.65. The van der Waals surface area contributed by atoms with Crippen LogP contribution < -0.4 is 10.5 Å². The van der Waals surface area contributed by atoms with Crippen molar-refractivity contribution in [3.05, 3.63) is 41.5 Å². The van der Waals surface area contributed by atoms with Crippen LogP contribution in [0.2, 0.25) is 0 Å². The van der Waals surface area contributed by atoms with Crippen LogP contribution in [0.15, 0.2) is 28.8 Å². The lowest BCUT2D eigenvalue weighted by molar-refractivity contribution is 0.221. The van der Waals surface area contributed by atoms with Crippen LogP contribution in [0.4, 0.5) is 0 Å². The van der Waals surface area contributed by atoms with Gasteiger partial charge in [0.15, 0.2) is 6.10 Å². The molecular formula is C13H15N3O2. The monoisotopic (exact) mass is 245 g/mol. The minimum Gasteiger partial charge on any atom is -0.482 e. The highest BCUT2D eigenvalue weighted by atomic mass is 16.5. The number of benzene rings is 1. The first kappa shape index (κ1) is 11.2. The van der Waals surface area contributed by atoms with Crippen molar-refractivity contribution < 1.29 is 9.26 Å². The molecule has 1 aromatic carbocycles. The molecule has 2 heterocycles. The molecule has 0 fully saturated rings. The van der Waals surface area contributed by atoms with Crippen LogP contribution in [0.3, 0.4) is 0 Å². The molecule has 1 aliphatic heterocycles. The molecule has 5 heteroatoms. The first-order valence-electron chi connectivity index (χ1n) is 6.05. The fourth-order valence-corrected chi connectivity index (χ4v) is 2.08. The Morgan fingerprint density at radius 1 is 1.44 bits per heavy atom. The zero-order valence-corrected chi connectivity index (χ0v) is 10.2. The van der Waals surface area contributed by atoms with Gasteiger partial charge in [-0.25, -0.2) is 0 Å². The molecule has 0 spiro atoms. The first-order valence-corrected chi connectivity index (χ1v) is 6.05. The number of para-hydroxylation sites is 1. The Kier molecular flexibility index (Phi) is 2.76. The lowest BCUT2D eigenvalue weighted by Crippen LogP contribution is -2.18. The van der Waals surface area contributed by atoms with E-state index in [1.165, 1.54) is 5.56 Å². The number of nitrogens with two attached hydrogens (primary N) is 1. The average molecular weight is 245 g/mol. The van der Waals surface area contributed by atoms with Gasteiger partial charge >= 0.3 is 0 Å². The molecule has 0 aliphatic carbocycles. The summed E-state index contributed by atoms with van der Waals surface area (Å²) in [4.78, 5) is 4.33. The van der Waals surface area contributed by atoms with Gasteiger partial charge in [-0.15, -0.1) is 0 Å². The van der Waals surface area contributed by atoms with E-state index in [0.29, 0.717) is 18.1 Å². The van der Waals surface area contributed by atoms with Crippen LogP contribution in [-0.4, -0.2) is 16.2 Å². The molecule has 94 valence electrons. The molecule has 3 rings (SSSR count). The van der Waals surface area contributed by atoms with E-state index in [-0.39, 0.29) is 12.1 Å². The topological polar surface area (TPSA) is 74.2 Å². The minimum absolute atomic E-state index is 0.0139. The van der Waals surface area contributed by atoms with Crippen LogP contribution in [0.25, 0.3) is 0 Å². The van der Waals surface area contributed by atoms with E-state index in [1.54, 1.807) is 0 Å². The number of hydrogen-bond acceptors (Lipinski definition) is 5. The van der Waals surface area contributed by atoms with Crippen molar-refractivity contribution in [1.82, 2.24) is 10.1 Å². The summed E-state index contributed by atoms with van der Waals surface area (Å²) in [5.74, 6) is 2.07. The standard InChI is InChI=1S/C13H15N3O2/c1-8(14)6-12-15-13(16-18-12)11-7-9-4-2-3-5-10(9)17-11/h2-5,8,11H,6-7,14H2,1H3. The van der Waals surface area contributed by atoms with Crippen LogP contribution in [0.1, 0.15) is 30.3 Å². The van der Waals surface area contributed by atoms with Gasteiger partial charge in [0.05, 0.1) is 0 Å². The Morgan fingerprint density at radius 3 is 3.06 bits per heavy atom. The molecular weight excluding hydrogens is 230 g/mol. The van der Waals surface area contributed by atoms with Gasteiger partial charge in [-0.2, -0.15) is 4.98 Å². The lowest BCUT2D eigenvalue weighted by Gasteiger charge is -2.04. The summed E-state index contributed by atoms with van der Waals surface area (Å²) in [5.41, 5.74) is 6.88. The Morgan fingerprint density at radius 2 is 2.28 bits per heavy atom. The lowest BCUT2D eigenvalue weighted by atomic mass is 10.1. The highest BCUT2D eigenvalue weighted by Crippen LogP contribution is 2.35. The van der Waals surface area contributed by atoms with Crippen LogP contribution in [-0.2, 0) is 12.8 Å².